The summed E-state index contributed by atoms with van der Waals surface area (Å²) in [6.45, 7) is 2.70. The normalized spacial score (nSPS) is 44.4. The average molecular weight is 247 g/mol. The molecule has 92 valence electrons. The topological polar surface area (TPSA) is 3.24 Å². The molecule has 0 amide bonds. The maximum Gasteiger partial charge on any atom is 0.0327 e. The number of hydrogen-bond donors (Lipinski definition) is 0. The lowest BCUT2D eigenvalue weighted by molar-refractivity contribution is 0.154. The Labute approximate surface area is 107 Å². The fraction of sp³-hybridized carbons (Fsp3) is 0.667. The zero-order valence-electron chi connectivity index (χ0n) is 10.4. The van der Waals surface area contributed by atoms with Crippen molar-refractivity contribution in [3.63, 3.8) is 0 Å². The monoisotopic (exact) mass is 247 g/mol. The highest BCUT2D eigenvalue weighted by molar-refractivity contribution is 8.19. The quantitative estimate of drug-likeness (QED) is 0.594. The predicted octanol–water partition coefficient (Wildman–Crippen LogP) is 3.30. The molecule has 4 rings (SSSR count). The second kappa shape index (κ2) is 3.83. The first kappa shape index (κ1) is 10.6. The molecular formula is C15H21NS. The standard InChI is InChI=1S/C15H21NS/c1-2-12-17-13(5-1)7-11-16-10-4-9-15(16)8-3-6-14(15)17/h1-2,5,12,14H,3-4,6-11H2/t14?,15-,17?/m1/s1. The Kier molecular flexibility index (Phi) is 2.38. The Morgan fingerprint density at radius 1 is 1.18 bits per heavy atom. The molecule has 0 aromatic carbocycles. The van der Waals surface area contributed by atoms with Crippen molar-refractivity contribution in [1.82, 2.24) is 4.90 Å². The molecule has 2 heteroatoms. The Morgan fingerprint density at radius 3 is 3.12 bits per heavy atom. The van der Waals surface area contributed by atoms with E-state index >= 15 is 0 Å². The molecule has 0 radical (unpaired) electrons. The molecule has 3 atom stereocenters. The van der Waals surface area contributed by atoms with Gasteiger partial charge in [0.25, 0.3) is 0 Å². The summed E-state index contributed by atoms with van der Waals surface area (Å²) in [6, 6.07) is 0. The van der Waals surface area contributed by atoms with E-state index in [1.54, 1.807) is 4.86 Å². The smallest absolute Gasteiger partial charge is 0.0327 e. The first-order chi connectivity index (χ1) is 8.40. The molecule has 0 aromatic rings. The lowest BCUT2D eigenvalue weighted by atomic mass is 9.93. The van der Waals surface area contributed by atoms with E-state index in [0.29, 0.717) is 16.0 Å². The van der Waals surface area contributed by atoms with Gasteiger partial charge >= 0.3 is 0 Å². The molecule has 1 aliphatic carbocycles. The van der Waals surface area contributed by atoms with Gasteiger partial charge in [-0.3, -0.25) is 4.90 Å². The Bertz CT molecular complexity index is 430. The van der Waals surface area contributed by atoms with Crippen molar-refractivity contribution in [2.24, 2.45) is 0 Å². The number of rotatable bonds is 0. The van der Waals surface area contributed by atoms with Crippen LogP contribution in [0.3, 0.4) is 0 Å². The second-order valence-corrected chi connectivity index (χ2v) is 7.96. The summed E-state index contributed by atoms with van der Waals surface area (Å²) in [5, 5.41) is 3.47. The van der Waals surface area contributed by atoms with E-state index < -0.39 is 0 Å². The highest BCUT2D eigenvalue weighted by atomic mass is 32.2. The molecule has 3 heterocycles. The molecule has 4 aliphatic rings. The van der Waals surface area contributed by atoms with Crippen LogP contribution in [0.5, 0.6) is 0 Å². The Hall–Kier alpha value is -0.340. The maximum absolute atomic E-state index is 2.87. The first-order valence-corrected chi connectivity index (χ1v) is 8.43. The zero-order chi connectivity index (χ0) is 11.3. The third-order valence-electron chi connectivity index (χ3n) is 5.20. The highest BCUT2D eigenvalue weighted by Crippen LogP contribution is 2.53. The van der Waals surface area contributed by atoms with E-state index in [1.165, 1.54) is 51.6 Å². The molecule has 2 unspecified atom stereocenters. The third-order valence-corrected chi connectivity index (χ3v) is 7.88. The lowest BCUT2D eigenvalue weighted by Gasteiger charge is -2.39. The number of fused-ring (bicyclic) bond motifs is 1. The van der Waals surface area contributed by atoms with Gasteiger partial charge in [-0.2, -0.15) is 10.5 Å². The van der Waals surface area contributed by atoms with Gasteiger partial charge in [-0.05, 0) is 48.9 Å². The minimum Gasteiger partial charge on any atom is -0.296 e. The molecule has 1 nitrogen and oxygen atoms in total. The zero-order valence-corrected chi connectivity index (χ0v) is 11.2. The van der Waals surface area contributed by atoms with Crippen LogP contribution in [0.4, 0.5) is 0 Å². The lowest BCUT2D eigenvalue weighted by Crippen LogP contribution is -2.48. The van der Waals surface area contributed by atoms with E-state index in [0.717, 1.165) is 5.25 Å². The summed E-state index contributed by atoms with van der Waals surface area (Å²) >= 11 is 0. The average Bonchev–Trinajstić information content (AvgIpc) is 2.94. The SMILES string of the molecule is C1=CC2=S(C=C1)C1CCC[C@@]13CCCN3CC2. The van der Waals surface area contributed by atoms with Gasteiger partial charge in [-0.15, -0.1) is 0 Å². The summed E-state index contributed by atoms with van der Waals surface area (Å²) in [6.07, 6.45) is 15.6. The second-order valence-electron chi connectivity index (χ2n) is 5.85. The number of hydrogen-bond acceptors (Lipinski definition) is 1. The summed E-state index contributed by atoms with van der Waals surface area (Å²) in [5.41, 5.74) is 0.611. The van der Waals surface area contributed by atoms with Crippen LogP contribution >= 0.6 is 10.5 Å². The van der Waals surface area contributed by atoms with E-state index in [-0.39, 0.29) is 0 Å². The van der Waals surface area contributed by atoms with Gasteiger partial charge in [0.15, 0.2) is 0 Å². The van der Waals surface area contributed by atoms with E-state index in [4.69, 9.17) is 0 Å². The van der Waals surface area contributed by atoms with Gasteiger partial charge in [0.2, 0.25) is 0 Å². The van der Waals surface area contributed by atoms with Crippen LogP contribution in [0, 0.1) is 0 Å². The molecule has 0 aromatic heterocycles. The van der Waals surface area contributed by atoms with Crippen LogP contribution in [0.1, 0.15) is 38.5 Å². The Morgan fingerprint density at radius 2 is 2.12 bits per heavy atom. The van der Waals surface area contributed by atoms with Crippen molar-refractivity contribution in [2.45, 2.75) is 49.3 Å². The van der Waals surface area contributed by atoms with Crippen molar-refractivity contribution < 1.29 is 0 Å². The largest absolute Gasteiger partial charge is 0.296 e. The molecule has 3 aliphatic heterocycles. The molecule has 2 fully saturated rings. The van der Waals surface area contributed by atoms with E-state index in [2.05, 4.69) is 28.5 Å². The minimum atomic E-state index is 0.462. The van der Waals surface area contributed by atoms with Crippen LogP contribution in [0.25, 0.3) is 0 Å². The van der Waals surface area contributed by atoms with Gasteiger partial charge < -0.3 is 0 Å². The molecular weight excluding hydrogens is 226 g/mol. The summed E-state index contributed by atoms with van der Waals surface area (Å²) in [7, 11) is 0.462. The molecule has 0 N–H and O–H groups in total. The van der Waals surface area contributed by atoms with Gasteiger partial charge in [0, 0.05) is 17.3 Å². The summed E-state index contributed by atoms with van der Waals surface area (Å²) in [4.78, 5) is 4.61. The van der Waals surface area contributed by atoms with Crippen LogP contribution < -0.4 is 0 Å². The van der Waals surface area contributed by atoms with E-state index in [1.807, 2.05) is 0 Å². The maximum atomic E-state index is 2.87. The van der Waals surface area contributed by atoms with Crippen LogP contribution in [0.2, 0.25) is 0 Å². The van der Waals surface area contributed by atoms with Crippen molar-refractivity contribution in [3.8, 4) is 0 Å². The van der Waals surface area contributed by atoms with Crippen LogP contribution in [-0.2, 0) is 0 Å². The molecule has 1 saturated carbocycles. The first-order valence-electron chi connectivity index (χ1n) is 7.08. The van der Waals surface area contributed by atoms with Crippen molar-refractivity contribution in [2.75, 3.05) is 13.1 Å². The highest BCUT2D eigenvalue weighted by Gasteiger charge is 2.51. The molecule has 17 heavy (non-hydrogen) atoms. The van der Waals surface area contributed by atoms with Crippen molar-refractivity contribution >= 4 is 15.3 Å². The number of nitrogens with zero attached hydrogens (tertiary/aromatic N) is 1. The fourth-order valence-corrected chi connectivity index (χ4v) is 7.34. The van der Waals surface area contributed by atoms with Crippen LogP contribution in [0.15, 0.2) is 23.6 Å². The molecule has 0 bridgehead atoms. The molecule has 1 spiro atoms. The molecule has 1 saturated heterocycles. The predicted molar refractivity (Wildman–Crippen MR) is 76.7 cm³/mol. The van der Waals surface area contributed by atoms with Gasteiger partial charge in [0.05, 0.1) is 0 Å². The van der Waals surface area contributed by atoms with Gasteiger partial charge in [-0.1, -0.05) is 24.6 Å². The van der Waals surface area contributed by atoms with E-state index in [9.17, 15) is 0 Å². The fourth-order valence-electron chi connectivity index (χ4n) is 4.51. The Balaban J connectivity index is 1.84. The van der Waals surface area contributed by atoms with Crippen LogP contribution in [-0.4, -0.2) is 33.6 Å². The third kappa shape index (κ3) is 1.40. The van der Waals surface area contributed by atoms with Crippen molar-refractivity contribution in [1.29, 1.82) is 0 Å². The minimum absolute atomic E-state index is 0.462. The summed E-state index contributed by atoms with van der Waals surface area (Å²) < 4.78 is 0. The number of allylic oxidation sites excluding steroid dienone is 3. The van der Waals surface area contributed by atoms with Crippen molar-refractivity contribution in [3.05, 3.63) is 23.6 Å². The van der Waals surface area contributed by atoms with Gasteiger partial charge in [-0.25, -0.2) is 0 Å². The summed E-state index contributed by atoms with van der Waals surface area (Å²) in [5.74, 6) is 0. The van der Waals surface area contributed by atoms with Gasteiger partial charge in [0.1, 0.15) is 0 Å².